The zero-order valence-electron chi connectivity index (χ0n) is 13.4. The van der Waals surface area contributed by atoms with E-state index in [-0.39, 0.29) is 12.5 Å². The zero-order valence-corrected chi connectivity index (χ0v) is 13.4. The molecule has 1 fully saturated rings. The van der Waals surface area contributed by atoms with Gasteiger partial charge in [0.05, 0.1) is 11.9 Å². The molecule has 0 radical (unpaired) electrons. The molecule has 8 nitrogen and oxygen atoms in total. The average molecular weight is 317 g/mol. The number of piperazine rings is 1. The topological polar surface area (TPSA) is 80.0 Å². The van der Waals surface area contributed by atoms with Gasteiger partial charge in [-0.25, -0.2) is 14.3 Å². The quantitative estimate of drug-likeness (QED) is 0.792. The van der Waals surface area contributed by atoms with Crippen molar-refractivity contribution in [2.75, 3.05) is 24.5 Å². The first-order valence-corrected chi connectivity index (χ1v) is 7.41. The minimum absolute atomic E-state index is 0.00427. The molecule has 2 aromatic rings. The molecule has 3 heterocycles. The predicted molar refractivity (Wildman–Crippen MR) is 83.1 cm³/mol. The maximum atomic E-state index is 12.4. The Bertz CT molecular complexity index is 749. The molecule has 0 aromatic carbocycles. The first-order chi connectivity index (χ1) is 10.8. The molecule has 0 atom stereocenters. The molecule has 2 amide bonds. The first-order valence-electron chi connectivity index (χ1n) is 7.41. The van der Waals surface area contributed by atoms with Crippen molar-refractivity contribution in [3.05, 3.63) is 24.7 Å². The number of ether oxygens (including phenoxy) is 1. The van der Waals surface area contributed by atoms with Crippen molar-refractivity contribution in [3.63, 3.8) is 0 Å². The maximum Gasteiger partial charge on any atom is 0.410 e. The van der Waals surface area contributed by atoms with E-state index in [4.69, 9.17) is 4.74 Å². The predicted octanol–water partition coefficient (Wildman–Crippen LogP) is 1.31. The Kier molecular flexibility index (Phi) is 3.67. The lowest BCUT2D eigenvalue weighted by Crippen LogP contribution is -2.53. The molecule has 0 bridgehead atoms. The van der Waals surface area contributed by atoms with Gasteiger partial charge in [0, 0.05) is 13.1 Å². The van der Waals surface area contributed by atoms with E-state index >= 15 is 0 Å². The minimum atomic E-state index is -0.574. The van der Waals surface area contributed by atoms with Gasteiger partial charge in [0.1, 0.15) is 18.5 Å². The van der Waals surface area contributed by atoms with Crippen LogP contribution in [-0.4, -0.2) is 56.7 Å². The average Bonchev–Trinajstić information content (AvgIpc) is 2.92. The second-order valence-corrected chi connectivity index (χ2v) is 6.40. The Labute approximate surface area is 133 Å². The Balaban J connectivity index is 1.71. The summed E-state index contributed by atoms with van der Waals surface area (Å²) in [6.07, 6.45) is 2.75. The number of rotatable bonds is 1. The Morgan fingerprint density at radius 3 is 2.74 bits per heavy atom. The lowest BCUT2D eigenvalue weighted by molar-refractivity contribution is -0.121. The Hall–Kier alpha value is -2.64. The molecular formula is C15H19N5O3. The van der Waals surface area contributed by atoms with E-state index in [0.29, 0.717) is 18.7 Å². The third-order valence-corrected chi connectivity index (χ3v) is 3.44. The van der Waals surface area contributed by atoms with Gasteiger partial charge in [-0.3, -0.25) is 9.69 Å². The standard InChI is InChI=1S/C15H19N5O3/c1-15(2,3)23-14(22)18-6-7-19(13(21)9-18)11-4-5-12-16-10-17-20(12)8-11/h4-5,8,10H,6-7,9H2,1-3H3. The van der Waals surface area contributed by atoms with Crippen molar-refractivity contribution in [1.29, 1.82) is 0 Å². The van der Waals surface area contributed by atoms with Crippen LogP contribution < -0.4 is 4.90 Å². The van der Waals surface area contributed by atoms with Crippen LogP contribution in [0.25, 0.3) is 5.65 Å². The summed E-state index contributed by atoms with van der Waals surface area (Å²) in [5, 5.41) is 4.07. The third-order valence-electron chi connectivity index (χ3n) is 3.44. The van der Waals surface area contributed by atoms with Crippen molar-refractivity contribution in [3.8, 4) is 0 Å². The van der Waals surface area contributed by atoms with E-state index < -0.39 is 11.7 Å². The van der Waals surface area contributed by atoms with E-state index in [1.807, 2.05) is 6.07 Å². The fourth-order valence-electron chi connectivity index (χ4n) is 2.39. The smallest absolute Gasteiger partial charge is 0.410 e. The van der Waals surface area contributed by atoms with Crippen molar-refractivity contribution in [2.45, 2.75) is 26.4 Å². The summed E-state index contributed by atoms with van der Waals surface area (Å²) < 4.78 is 6.92. The van der Waals surface area contributed by atoms with Crippen LogP contribution in [0, 0.1) is 0 Å². The van der Waals surface area contributed by atoms with Crippen LogP contribution in [0.1, 0.15) is 20.8 Å². The van der Waals surface area contributed by atoms with Gasteiger partial charge in [0.25, 0.3) is 0 Å². The highest BCUT2D eigenvalue weighted by atomic mass is 16.6. The summed E-state index contributed by atoms with van der Waals surface area (Å²) in [6, 6.07) is 3.63. The summed E-state index contributed by atoms with van der Waals surface area (Å²) in [5.74, 6) is -0.151. The van der Waals surface area contributed by atoms with Crippen LogP contribution in [0.2, 0.25) is 0 Å². The van der Waals surface area contributed by atoms with Crippen LogP contribution in [-0.2, 0) is 9.53 Å². The fraction of sp³-hybridized carbons (Fsp3) is 0.467. The van der Waals surface area contributed by atoms with Gasteiger partial charge in [-0.2, -0.15) is 5.10 Å². The number of anilines is 1. The van der Waals surface area contributed by atoms with Crippen molar-refractivity contribution >= 4 is 23.3 Å². The summed E-state index contributed by atoms with van der Waals surface area (Å²) in [6.45, 7) is 6.25. The number of carbonyl (C=O) groups excluding carboxylic acids is 2. The van der Waals surface area contributed by atoms with Gasteiger partial charge in [-0.15, -0.1) is 0 Å². The molecule has 122 valence electrons. The third kappa shape index (κ3) is 3.25. The molecule has 2 aromatic heterocycles. The maximum absolute atomic E-state index is 12.4. The first kappa shape index (κ1) is 15.3. The number of pyridine rings is 1. The lowest BCUT2D eigenvalue weighted by atomic mass is 10.2. The molecule has 0 aliphatic carbocycles. The van der Waals surface area contributed by atoms with E-state index in [2.05, 4.69) is 10.1 Å². The summed E-state index contributed by atoms with van der Waals surface area (Å²) in [4.78, 5) is 31.6. The van der Waals surface area contributed by atoms with Gasteiger partial charge in [0.15, 0.2) is 5.65 Å². The van der Waals surface area contributed by atoms with Crippen LogP contribution >= 0.6 is 0 Å². The molecule has 1 aliphatic rings. The number of aromatic nitrogens is 3. The highest BCUT2D eigenvalue weighted by Gasteiger charge is 2.31. The number of fused-ring (bicyclic) bond motifs is 1. The molecule has 23 heavy (non-hydrogen) atoms. The summed E-state index contributed by atoms with van der Waals surface area (Å²) >= 11 is 0. The van der Waals surface area contributed by atoms with E-state index in [1.165, 1.54) is 11.2 Å². The number of carbonyl (C=O) groups is 2. The van der Waals surface area contributed by atoms with Gasteiger partial charge >= 0.3 is 6.09 Å². The largest absolute Gasteiger partial charge is 0.444 e. The number of hydrogen-bond acceptors (Lipinski definition) is 5. The fourth-order valence-corrected chi connectivity index (χ4v) is 2.39. The second kappa shape index (κ2) is 5.53. The number of amides is 2. The van der Waals surface area contributed by atoms with E-state index in [1.54, 1.807) is 42.4 Å². The Morgan fingerprint density at radius 2 is 2.04 bits per heavy atom. The van der Waals surface area contributed by atoms with Crippen LogP contribution in [0.3, 0.4) is 0 Å². The van der Waals surface area contributed by atoms with Crippen molar-refractivity contribution in [2.24, 2.45) is 0 Å². The SMILES string of the molecule is CC(C)(C)OC(=O)N1CCN(c2ccc3ncnn3c2)C(=O)C1. The molecule has 8 heteroatoms. The molecule has 0 unspecified atom stereocenters. The van der Waals surface area contributed by atoms with Crippen LogP contribution in [0.4, 0.5) is 10.5 Å². The number of nitrogens with zero attached hydrogens (tertiary/aromatic N) is 5. The van der Waals surface area contributed by atoms with Crippen LogP contribution in [0.5, 0.6) is 0 Å². The van der Waals surface area contributed by atoms with Crippen LogP contribution in [0.15, 0.2) is 24.7 Å². The molecule has 1 saturated heterocycles. The molecule has 1 aliphatic heterocycles. The monoisotopic (exact) mass is 317 g/mol. The normalized spacial score (nSPS) is 16.0. The summed E-state index contributed by atoms with van der Waals surface area (Å²) in [7, 11) is 0. The highest BCUT2D eigenvalue weighted by Crippen LogP contribution is 2.19. The van der Waals surface area contributed by atoms with Crippen molar-refractivity contribution in [1.82, 2.24) is 19.5 Å². The zero-order chi connectivity index (χ0) is 16.6. The number of hydrogen-bond donors (Lipinski definition) is 0. The Morgan fingerprint density at radius 1 is 1.26 bits per heavy atom. The molecule has 3 rings (SSSR count). The lowest BCUT2D eigenvalue weighted by Gasteiger charge is -2.35. The van der Waals surface area contributed by atoms with Gasteiger partial charge in [-0.05, 0) is 32.9 Å². The minimum Gasteiger partial charge on any atom is -0.444 e. The second-order valence-electron chi connectivity index (χ2n) is 6.40. The van der Waals surface area contributed by atoms with Gasteiger partial charge in [0.2, 0.25) is 5.91 Å². The molecule has 0 spiro atoms. The van der Waals surface area contributed by atoms with Crippen molar-refractivity contribution < 1.29 is 14.3 Å². The van der Waals surface area contributed by atoms with E-state index in [9.17, 15) is 9.59 Å². The molecule has 0 saturated carbocycles. The van der Waals surface area contributed by atoms with E-state index in [0.717, 1.165) is 5.69 Å². The van der Waals surface area contributed by atoms with Gasteiger partial charge in [-0.1, -0.05) is 0 Å². The molecule has 0 N–H and O–H groups in total. The van der Waals surface area contributed by atoms with Gasteiger partial charge < -0.3 is 9.64 Å². The molecular weight excluding hydrogens is 298 g/mol. The highest BCUT2D eigenvalue weighted by molar-refractivity contribution is 5.97. The summed E-state index contributed by atoms with van der Waals surface area (Å²) in [5.41, 5.74) is 0.875.